The third-order valence-electron chi connectivity index (χ3n) is 8.43. The fourth-order valence-corrected chi connectivity index (χ4v) is 6.13. The van der Waals surface area contributed by atoms with E-state index in [1.807, 2.05) is 44.2 Å². The molecule has 3 aromatic carbocycles. The van der Waals surface area contributed by atoms with Crippen molar-refractivity contribution in [3.05, 3.63) is 76.0 Å². The summed E-state index contributed by atoms with van der Waals surface area (Å²) in [4.78, 5) is 45.8. The van der Waals surface area contributed by atoms with E-state index in [9.17, 15) is 14.4 Å². The summed E-state index contributed by atoms with van der Waals surface area (Å²) in [6, 6.07) is 11.3. The lowest BCUT2D eigenvalue weighted by Gasteiger charge is -2.40. The predicted molar refractivity (Wildman–Crippen MR) is 187 cm³/mol. The molecule has 4 rings (SSSR count). The van der Waals surface area contributed by atoms with Gasteiger partial charge in [0.05, 0.1) is 55.8 Å². The highest BCUT2D eigenvalue weighted by molar-refractivity contribution is 6.13. The van der Waals surface area contributed by atoms with Gasteiger partial charge in [0, 0.05) is 28.7 Å². The van der Waals surface area contributed by atoms with E-state index < -0.39 is 23.9 Å². The molecular formula is C38H46N2O10. The molecule has 1 atom stereocenters. The first-order valence-corrected chi connectivity index (χ1v) is 16.1. The van der Waals surface area contributed by atoms with E-state index in [-0.39, 0.29) is 31.2 Å². The van der Waals surface area contributed by atoms with Crippen molar-refractivity contribution >= 4 is 24.0 Å². The number of imide groups is 1. The van der Waals surface area contributed by atoms with Crippen LogP contribution in [0, 0.1) is 19.8 Å². The SMILES string of the molecule is COc1cc(/C=C2\C(=O)N(C(=O)OCC(C)C)C(Cc3cc(OC)c(OC)c(C)c3OC)C(=O)N2Cc2ccccc2)c(OC)c(C)c1OC. The van der Waals surface area contributed by atoms with Crippen LogP contribution in [-0.4, -0.2) is 83.0 Å². The van der Waals surface area contributed by atoms with Crippen molar-refractivity contribution in [3.8, 4) is 34.5 Å². The molecular weight excluding hydrogens is 644 g/mol. The van der Waals surface area contributed by atoms with E-state index >= 15 is 0 Å². The van der Waals surface area contributed by atoms with Crippen LogP contribution in [0.15, 0.2) is 48.2 Å². The lowest BCUT2D eigenvalue weighted by atomic mass is 9.95. The van der Waals surface area contributed by atoms with E-state index in [4.69, 9.17) is 33.2 Å². The molecule has 0 radical (unpaired) electrons. The molecule has 3 amide bonds. The second-order valence-electron chi connectivity index (χ2n) is 12.1. The van der Waals surface area contributed by atoms with Gasteiger partial charge < -0.3 is 38.1 Å². The molecule has 1 heterocycles. The largest absolute Gasteiger partial charge is 0.496 e. The minimum atomic E-state index is -1.30. The summed E-state index contributed by atoms with van der Waals surface area (Å²) in [6.07, 6.45) is 0.485. The van der Waals surface area contributed by atoms with Crippen LogP contribution >= 0.6 is 0 Å². The Bertz CT molecular complexity index is 1750. The van der Waals surface area contributed by atoms with Crippen molar-refractivity contribution < 1.29 is 47.5 Å². The van der Waals surface area contributed by atoms with Crippen LogP contribution < -0.4 is 28.4 Å². The number of nitrogens with zero attached hydrogens (tertiary/aromatic N) is 2. The second-order valence-corrected chi connectivity index (χ2v) is 12.1. The van der Waals surface area contributed by atoms with Gasteiger partial charge in [-0.2, -0.15) is 0 Å². The second kappa shape index (κ2) is 16.3. The maximum atomic E-state index is 14.9. The van der Waals surface area contributed by atoms with Crippen molar-refractivity contribution in [2.75, 3.05) is 49.3 Å². The summed E-state index contributed by atoms with van der Waals surface area (Å²) in [5, 5.41) is 0. The van der Waals surface area contributed by atoms with Crippen LogP contribution in [0.3, 0.4) is 0 Å². The smallest absolute Gasteiger partial charge is 0.417 e. The molecule has 50 heavy (non-hydrogen) atoms. The zero-order chi connectivity index (χ0) is 36.7. The van der Waals surface area contributed by atoms with Gasteiger partial charge >= 0.3 is 6.09 Å². The maximum Gasteiger partial charge on any atom is 0.417 e. The van der Waals surface area contributed by atoms with Crippen LogP contribution in [0.5, 0.6) is 34.5 Å². The maximum absolute atomic E-state index is 14.9. The molecule has 0 bridgehead atoms. The Morgan fingerprint density at radius 1 is 0.780 bits per heavy atom. The highest BCUT2D eigenvalue weighted by atomic mass is 16.6. The van der Waals surface area contributed by atoms with Gasteiger partial charge in [0.2, 0.25) is 0 Å². The van der Waals surface area contributed by atoms with E-state index in [1.165, 1.54) is 53.6 Å². The highest BCUT2D eigenvalue weighted by Crippen LogP contribution is 2.43. The lowest BCUT2D eigenvalue weighted by molar-refractivity contribution is -0.149. The molecule has 1 aliphatic rings. The van der Waals surface area contributed by atoms with Crippen molar-refractivity contribution in [2.24, 2.45) is 5.92 Å². The summed E-state index contributed by atoms with van der Waals surface area (Å²) >= 11 is 0. The van der Waals surface area contributed by atoms with Gasteiger partial charge in [-0.05, 0) is 43.5 Å². The lowest BCUT2D eigenvalue weighted by Crippen LogP contribution is -2.61. The zero-order valence-electron chi connectivity index (χ0n) is 30.4. The molecule has 0 aliphatic carbocycles. The zero-order valence-corrected chi connectivity index (χ0v) is 30.4. The first-order chi connectivity index (χ1) is 23.9. The normalized spacial score (nSPS) is 15.3. The molecule has 1 unspecified atom stereocenters. The van der Waals surface area contributed by atoms with Gasteiger partial charge in [0.25, 0.3) is 11.8 Å². The van der Waals surface area contributed by atoms with Gasteiger partial charge in [-0.15, -0.1) is 0 Å². The Morgan fingerprint density at radius 3 is 1.88 bits per heavy atom. The molecule has 3 aromatic rings. The molecule has 268 valence electrons. The molecule has 0 saturated carbocycles. The third kappa shape index (κ3) is 7.44. The van der Waals surface area contributed by atoms with Crippen LogP contribution in [0.1, 0.15) is 41.7 Å². The number of amides is 3. The quantitative estimate of drug-likeness (QED) is 0.198. The number of hydrogen-bond donors (Lipinski definition) is 0. The van der Waals surface area contributed by atoms with Crippen LogP contribution in [0.4, 0.5) is 4.79 Å². The molecule has 12 nitrogen and oxygen atoms in total. The van der Waals surface area contributed by atoms with Gasteiger partial charge in [-0.25, -0.2) is 9.69 Å². The summed E-state index contributed by atoms with van der Waals surface area (Å²) in [5.74, 6) is 1.28. The van der Waals surface area contributed by atoms with Crippen molar-refractivity contribution in [3.63, 3.8) is 0 Å². The summed E-state index contributed by atoms with van der Waals surface area (Å²) < 4.78 is 39.4. The Labute approximate surface area is 293 Å². The number of piperazine rings is 1. The fourth-order valence-electron chi connectivity index (χ4n) is 6.13. The topological polar surface area (TPSA) is 122 Å². The van der Waals surface area contributed by atoms with Gasteiger partial charge in [0.15, 0.2) is 23.0 Å². The standard InChI is InChI=1S/C38H46N2O10/c1-22(2)21-50-38(43)40-29(17-27-19-31(45-6)35(49-10)24(4)33(27)47-8)36(41)39(20-25-14-12-11-13-15-25)28(37(40)42)16-26-18-30(44-5)34(48-9)23(3)32(26)46-7/h11-16,18-19,22,29H,17,20-21H2,1-10H3/b28-16+. The van der Waals surface area contributed by atoms with Gasteiger partial charge in [-0.3, -0.25) is 9.59 Å². The number of rotatable bonds is 13. The Balaban J connectivity index is 1.97. The molecule has 0 N–H and O–H groups in total. The molecule has 1 fully saturated rings. The minimum absolute atomic E-state index is 0.0230. The number of methoxy groups -OCH3 is 6. The van der Waals surface area contributed by atoms with E-state index in [0.29, 0.717) is 56.8 Å². The average molecular weight is 691 g/mol. The van der Waals surface area contributed by atoms with Gasteiger partial charge in [-0.1, -0.05) is 44.2 Å². The van der Waals surface area contributed by atoms with Crippen molar-refractivity contribution in [1.82, 2.24) is 9.80 Å². The van der Waals surface area contributed by atoms with E-state index in [1.54, 1.807) is 26.0 Å². The molecule has 1 saturated heterocycles. The number of hydrogen-bond acceptors (Lipinski definition) is 10. The van der Waals surface area contributed by atoms with Crippen molar-refractivity contribution in [1.29, 1.82) is 0 Å². The summed E-state index contributed by atoms with van der Waals surface area (Å²) in [6.45, 7) is 7.43. The number of carbonyl (C=O) groups excluding carboxylic acids is 3. The fraction of sp³-hybridized carbons (Fsp3) is 0.395. The average Bonchev–Trinajstić information content (AvgIpc) is 3.10. The van der Waals surface area contributed by atoms with E-state index in [0.717, 1.165) is 10.5 Å². The monoisotopic (exact) mass is 690 g/mol. The Kier molecular flexibility index (Phi) is 12.2. The summed E-state index contributed by atoms with van der Waals surface area (Å²) in [7, 11) is 9.03. The Morgan fingerprint density at radius 2 is 1.34 bits per heavy atom. The van der Waals surface area contributed by atoms with E-state index in [2.05, 4.69) is 0 Å². The minimum Gasteiger partial charge on any atom is -0.496 e. The first-order valence-electron chi connectivity index (χ1n) is 16.1. The van der Waals surface area contributed by atoms with Crippen molar-refractivity contribution in [2.45, 2.75) is 46.7 Å². The van der Waals surface area contributed by atoms with Crippen LogP contribution in [0.25, 0.3) is 6.08 Å². The number of carbonyl (C=O) groups is 3. The van der Waals surface area contributed by atoms with Crippen LogP contribution in [0.2, 0.25) is 0 Å². The molecule has 0 aromatic heterocycles. The Hall–Kier alpha value is -5.39. The first kappa shape index (κ1) is 37.4. The number of benzene rings is 3. The third-order valence-corrected chi connectivity index (χ3v) is 8.43. The molecule has 12 heteroatoms. The summed E-state index contributed by atoms with van der Waals surface area (Å²) in [5.41, 5.74) is 2.92. The van der Waals surface area contributed by atoms with Gasteiger partial charge in [0.1, 0.15) is 23.2 Å². The number of ether oxygens (including phenoxy) is 7. The predicted octanol–water partition coefficient (Wildman–Crippen LogP) is 5.97. The molecule has 1 aliphatic heterocycles. The van der Waals surface area contributed by atoms with Crippen LogP contribution in [-0.2, 0) is 27.3 Å². The highest BCUT2D eigenvalue weighted by Gasteiger charge is 2.47. The molecule has 0 spiro atoms.